The molecule has 2 aromatic rings. The van der Waals surface area contributed by atoms with Crippen LogP contribution >= 0.6 is 11.6 Å². The first-order chi connectivity index (χ1) is 7.86. The van der Waals surface area contributed by atoms with Gasteiger partial charge in [-0.1, -0.05) is 6.92 Å². The van der Waals surface area contributed by atoms with Gasteiger partial charge in [-0.15, -0.1) is 11.6 Å². The van der Waals surface area contributed by atoms with Crippen LogP contribution < -0.4 is 0 Å². The SMILES string of the molecule is CCc1[nH]nc(-c2cccnc2)c1CCCl. The molecule has 0 aliphatic carbocycles. The van der Waals surface area contributed by atoms with Crippen molar-refractivity contribution < 1.29 is 0 Å². The van der Waals surface area contributed by atoms with Gasteiger partial charge in [0.15, 0.2) is 0 Å². The van der Waals surface area contributed by atoms with E-state index in [0.717, 1.165) is 24.1 Å². The third kappa shape index (κ3) is 2.09. The molecule has 16 heavy (non-hydrogen) atoms. The Hall–Kier alpha value is -1.35. The average Bonchev–Trinajstić information content (AvgIpc) is 2.74. The molecule has 0 saturated heterocycles. The van der Waals surface area contributed by atoms with Crippen molar-refractivity contribution in [3.8, 4) is 11.3 Å². The zero-order chi connectivity index (χ0) is 11.4. The van der Waals surface area contributed by atoms with E-state index in [1.54, 1.807) is 6.20 Å². The number of halogens is 1. The fourth-order valence-corrected chi connectivity index (χ4v) is 1.99. The number of aromatic nitrogens is 3. The zero-order valence-electron chi connectivity index (χ0n) is 9.20. The van der Waals surface area contributed by atoms with Gasteiger partial charge in [0.25, 0.3) is 0 Å². The Bertz CT molecular complexity index is 451. The molecule has 4 heteroatoms. The molecular formula is C12H14ClN3. The summed E-state index contributed by atoms with van der Waals surface area (Å²) >= 11 is 5.82. The number of aromatic amines is 1. The van der Waals surface area contributed by atoms with Gasteiger partial charge in [-0.3, -0.25) is 10.1 Å². The predicted octanol–water partition coefficient (Wildman–Crippen LogP) is 2.82. The normalized spacial score (nSPS) is 10.6. The van der Waals surface area contributed by atoms with Crippen LogP contribution in [-0.2, 0) is 12.8 Å². The van der Waals surface area contributed by atoms with Crippen molar-refractivity contribution in [1.29, 1.82) is 0 Å². The van der Waals surface area contributed by atoms with Gasteiger partial charge in [-0.25, -0.2) is 0 Å². The first-order valence-electron chi connectivity index (χ1n) is 5.39. The highest BCUT2D eigenvalue weighted by molar-refractivity contribution is 6.18. The summed E-state index contributed by atoms with van der Waals surface area (Å²) in [7, 11) is 0. The lowest BCUT2D eigenvalue weighted by Gasteiger charge is -2.02. The van der Waals surface area contributed by atoms with E-state index < -0.39 is 0 Å². The Morgan fingerprint density at radius 1 is 1.44 bits per heavy atom. The summed E-state index contributed by atoms with van der Waals surface area (Å²) in [5.41, 5.74) is 4.40. The highest BCUT2D eigenvalue weighted by atomic mass is 35.5. The molecule has 0 atom stereocenters. The van der Waals surface area contributed by atoms with Crippen LogP contribution in [0.5, 0.6) is 0 Å². The molecular weight excluding hydrogens is 222 g/mol. The summed E-state index contributed by atoms with van der Waals surface area (Å²) < 4.78 is 0. The number of alkyl halides is 1. The second-order valence-corrected chi connectivity index (χ2v) is 3.94. The van der Waals surface area contributed by atoms with E-state index in [-0.39, 0.29) is 0 Å². The van der Waals surface area contributed by atoms with Crippen LogP contribution in [0, 0.1) is 0 Å². The molecule has 2 aromatic heterocycles. The molecule has 0 spiro atoms. The first-order valence-corrected chi connectivity index (χ1v) is 5.92. The van der Waals surface area contributed by atoms with Crippen molar-refractivity contribution in [3.05, 3.63) is 35.8 Å². The molecule has 0 aliphatic heterocycles. The van der Waals surface area contributed by atoms with Crippen LogP contribution in [0.3, 0.4) is 0 Å². The van der Waals surface area contributed by atoms with Gasteiger partial charge in [0.05, 0.1) is 5.69 Å². The number of aryl methyl sites for hydroxylation is 1. The lowest BCUT2D eigenvalue weighted by Crippen LogP contribution is -1.93. The summed E-state index contributed by atoms with van der Waals surface area (Å²) in [6.07, 6.45) is 5.37. The van der Waals surface area contributed by atoms with E-state index in [2.05, 4.69) is 22.1 Å². The predicted molar refractivity (Wildman–Crippen MR) is 65.6 cm³/mol. The molecule has 0 bridgehead atoms. The fraction of sp³-hybridized carbons (Fsp3) is 0.333. The number of pyridine rings is 1. The molecule has 0 aliphatic rings. The molecule has 0 unspecified atom stereocenters. The summed E-state index contributed by atoms with van der Waals surface area (Å²) in [6, 6.07) is 3.93. The summed E-state index contributed by atoms with van der Waals surface area (Å²) in [5.74, 6) is 0.611. The topological polar surface area (TPSA) is 41.6 Å². The second-order valence-electron chi connectivity index (χ2n) is 3.56. The van der Waals surface area contributed by atoms with Gasteiger partial charge in [0.1, 0.15) is 0 Å². The minimum Gasteiger partial charge on any atom is -0.282 e. The van der Waals surface area contributed by atoms with Gasteiger partial charge in [0, 0.05) is 35.1 Å². The third-order valence-electron chi connectivity index (χ3n) is 2.59. The summed E-state index contributed by atoms with van der Waals surface area (Å²) in [4.78, 5) is 4.11. The lowest BCUT2D eigenvalue weighted by molar-refractivity contribution is 0.957. The van der Waals surface area contributed by atoms with Crippen LogP contribution in [-0.4, -0.2) is 21.1 Å². The van der Waals surface area contributed by atoms with E-state index >= 15 is 0 Å². The first kappa shape index (κ1) is 11.1. The van der Waals surface area contributed by atoms with E-state index in [4.69, 9.17) is 11.6 Å². The number of hydrogen-bond acceptors (Lipinski definition) is 2. The number of nitrogens with one attached hydrogen (secondary N) is 1. The zero-order valence-corrected chi connectivity index (χ0v) is 9.96. The van der Waals surface area contributed by atoms with Crippen LogP contribution in [0.15, 0.2) is 24.5 Å². The molecule has 0 saturated carbocycles. The molecule has 2 rings (SSSR count). The minimum absolute atomic E-state index is 0.611. The van der Waals surface area contributed by atoms with Crippen LogP contribution in [0.4, 0.5) is 0 Å². The van der Waals surface area contributed by atoms with Crippen molar-refractivity contribution in [1.82, 2.24) is 15.2 Å². The van der Waals surface area contributed by atoms with Gasteiger partial charge in [0.2, 0.25) is 0 Å². The quantitative estimate of drug-likeness (QED) is 0.828. The molecule has 0 amide bonds. The molecule has 3 nitrogen and oxygen atoms in total. The molecule has 84 valence electrons. The third-order valence-corrected chi connectivity index (χ3v) is 2.77. The van der Waals surface area contributed by atoms with Crippen LogP contribution in [0.1, 0.15) is 18.2 Å². The van der Waals surface area contributed by atoms with Crippen LogP contribution in [0.2, 0.25) is 0 Å². The number of H-pyrrole nitrogens is 1. The van der Waals surface area contributed by atoms with Crippen molar-refractivity contribution in [2.75, 3.05) is 5.88 Å². The van der Waals surface area contributed by atoms with Gasteiger partial charge in [-0.05, 0) is 25.0 Å². The average molecular weight is 236 g/mol. The monoisotopic (exact) mass is 235 g/mol. The number of nitrogens with zero attached hydrogens (tertiary/aromatic N) is 2. The van der Waals surface area contributed by atoms with E-state index in [9.17, 15) is 0 Å². The second kappa shape index (κ2) is 5.12. The Morgan fingerprint density at radius 3 is 2.94 bits per heavy atom. The van der Waals surface area contributed by atoms with E-state index in [1.807, 2.05) is 18.3 Å². The van der Waals surface area contributed by atoms with Crippen molar-refractivity contribution in [2.45, 2.75) is 19.8 Å². The Morgan fingerprint density at radius 2 is 2.31 bits per heavy atom. The number of hydrogen-bond donors (Lipinski definition) is 1. The molecule has 0 fully saturated rings. The molecule has 0 aromatic carbocycles. The summed E-state index contributed by atoms with van der Waals surface area (Å²) in [6.45, 7) is 2.11. The lowest BCUT2D eigenvalue weighted by atomic mass is 10.0. The highest BCUT2D eigenvalue weighted by Gasteiger charge is 2.12. The molecule has 1 N–H and O–H groups in total. The van der Waals surface area contributed by atoms with E-state index in [1.165, 1.54) is 11.3 Å². The maximum Gasteiger partial charge on any atom is 0.0971 e. The summed E-state index contributed by atoms with van der Waals surface area (Å²) in [5, 5.41) is 7.42. The largest absolute Gasteiger partial charge is 0.282 e. The smallest absolute Gasteiger partial charge is 0.0971 e. The van der Waals surface area contributed by atoms with Crippen molar-refractivity contribution in [3.63, 3.8) is 0 Å². The number of rotatable bonds is 4. The van der Waals surface area contributed by atoms with Gasteiger partial charge in [-0.2, -0.15) is 5.10 Å². The van der Waals surface area contributed by atoms with Gasteiger partial charge >= 0.3 is 0 Å². The minimum atomic E-state index is 0.611. The van der Waals surface area contributed by atoms with Crippen molar-refractivity contribution in [2.24, 2.45) is 0 Å². The van der Waals surface area contributed by atoms with Gasteiger partial charge < -0.3 is 0 Å². The maximum absolute atomic E-state index is 5.82. The molecule has 0 radical (unpaired) electrons. The Labute approximate surface area is 99.9 Å². The maximum atomic E-state index is 5.82. The molecule has 2 heterocycles. The standard InChI is InChI=1S/C12H14ClN3/c1-2-11-10(5-6-13)12(16-15-11)9-4-3-7-14-8-9/h3-4,7-8H,2,5-6H2,1H3,(H,15,16). The fourth-order valence-electron chi connectivity index (χ4n) is 1.80. The Kier molecular flexibility index (Phi) is 3.57. The Balaban J connectivity index is 2.44. The van der Waals surface area contributed by atoms with Crippen LogP contribution in [0.25, 0.3) is 11.3 Å². The highest BCUT2D eigenvalue weighted by Crippen LogP contribution is 2.24. The van der Waals surface area contributed by atoms with E-state index in [0.29, 0.717) is 5.88 Å². The van der Waals surface area contributed by atoms with Crippen molar-refractivity contribution >= 4 is 11.6 Å².